The average molecular weight is 324 g/mol. The minimum Gasteiger partial charge on any atom is -0.354 e. The maximum atomic E-state index is 12.9. The Bertz CT molecular complexity index is 669. The van der Waals surface area contributed by atoms with Crippen molar-refractivity contribution in [3.05, 3.63) is 29.3 Å². The van der Waals surface area contributed by atoms with Crippen molar-refractivity contribution in [3.63, 3.8) is 0 Å². The van der Waals surface area contributed by atoms with E-state index in [0.717, 1.165) is 13.1 Å². The van der Waals surface area contributed by atoms with Gasteiger partial charge >= 0.3 is 0 Å². The van der Waals surface area contributed by atoms with Crippen molar-refractivity contribution in [2.75, 3.05) is 31.1 Å². The van der Waals surface area contributed by atoms with Crippen molar-refractivity contribution in [2.24, 2.45) is 0 Å². The van der Waals surface area contributed by atoms with E-state index in [2.05, 4.69) is 25.0 Å². The second-order valence-electron chi connectivity index (χ2n) is 5.50. The van der Waals surface area contributed by atoms with Gasteiger partial charge in [-0.3, -0.25) is 4.90 Å². The van der Waals surface area contributed by atoms with Crippen LogP contribution < -0.4 is 4.90 Å². The SMILES string of the molecule is Cc1nc(C(F)F)cc(N2CCN(Cc3nc(C)no3)CC2)n1. The molecule has 3 rings (SSSR count). The van der Waals surface area contributed by atoms with Crippen LogP contribution in [0.1, 0.15) is 29.7 Å². The van der Waals surface area contributed by atoms with E-state index in [1.165, 1.54) is 6.07 Å². The van der Waals surface area contributed by atoms with Crippen molar-refractivity contribution >= 4 is 5.82 Å². The molecule has 0 aliphatic carbocycles. The lowest BCUT2D eigenvalue weighted by molar-refractivity contribution is 0.145. The molecule has 1 saturated heterocycles. The highest BCUT2D eigenvalue weighted by Crippen LogP contribution is 2.22. The van der Waals surface area contributed by atoms with Gasteiger partial charge in [0.25, 0.3) is 6.43 Å². The van der Waals surface area contributed by atoms with Gasteiger partial charge in [0, 0.05) is 32.2 Å². The Morgan fingerprint density at radius 3 is 2.43 bits per heavy atom. The lowest BCUT2D eigenvalue weighted by atomic mass is 10.3. The van der Waals surface area contributed by atoms with Gasteiger partial charge in [0.15, 0.2) is 5.82 Å². The summed E-state index contributed by atoms with van der Waals surface area (Å²) < 4.78 is 30.8. The molecule has 0 unspecified atom stereocenters. The summed E-state index contributed by atoms with van der Waals surface area (Å²) in [6.07, 6.45) is -2.59. The van der Waals surface area contributed by atoms with Crippen LogP contribution in [-0.4, -0.2) is 51.2 Å². The zero-order valence-electron chi connectivity index (χ0n) is 13.0. The number of rotatable bonds is 4. The first-order valence-corrected chi connectivity index (χ1v) is 7.41. The molecule has 3 heterocycles. The smallest absolute Gasteiger partial charge is 0.280 e. The summed E-state index contributed by atoms with van der Waals surface area (Å²) in [5.41, 5.74) is -0.226. The molecule has 124 valence electrons. The largest absolute Gasteiger partial charge is 0.354 e. The summed E-state index contributed by atoms with van der Waals surface area (Å²) in [6.45, 7) is 6.95. The molecule has 1 aliphatic heterocycles. The van der Waals surface area contributed by atoms with E-state index in [1.54, 1.807) is 13.8 Å². The molecule has 0 atom stereocenters. The van der Waals surface area contributed by atoms with Crippen LogP contribution in [0.25, 0.3) is 0 Å². The fourth-order valence-corrected chi connectivity index (χ4v) is 2.58. The van der Waals surface area contributed by atoms with Crippen LogP contribution in [0.2, 0.25) is 0 Å². The maximum absolute atomic E-state index is 12.9. The monoisotopic (exact) mass is 324 g/mol. The minimum atomic E-state index is -2.59. The maximum Gasteiger partial charge on any atom is 0.280 e. The predicted molar refractivity (Wildman–Crippen MR) is 78.3 cm³/mol. The molecule has 2 aromatic heterocycles. The van der Waals surface area contributed by atoms with Crippen LogP contribution in [0.4, 0.5) is 14.6 Å². The van der Waals surface area contributed by atoms with Crippen LogP contribution in [-0.2, 0) is 6.54 Å². The normalized spacial score (nSPS) is 16.3. The van der Waals surface area contributed by atoms with E-state index in [9.17, 15) is 8.78 Å². The second-order valence-corrected chi connectivity index (χ2v) is 5.50. The number of anilines is 1. The van der Waals surface area contributed by atoms with Crippen molar-refractivity contribution in [1.82, 2.24) is 25.0 Å². The molecular weight excluding hydrogens is 306 g/mol. The topological polar surface area (TPSA) is 71.2 Å². The Morgan fingerprint density at radius 2 is 1.83 bits per heavy atom. The van der Waals surface area contributed by atoms with Gasteiger partial charge in [0.2, 0.25) is 5.89 Å². The molecule has 23 heavy (non-hydrogen) atoms. The number of nitrogens with zero attached hydrogens (tertiary/aromatic N) is 6. The standard InChI is InChI=1S/C14H18F2N6O/c1-9-17-11(14(15)16)7-12(18-9)22-5-3-21(4-6-22)8-13-19-10(2)20-23-13/h7,14H,3-6,8H2,1-2H3. The molecule has 1 aliphatic rings. The Labute approximate surface area is 132 Å². The first-order chi connectivity index (χ1) is 11.0. The van der Waals surface area contributed by atoms with Gasteiger partial charge < -0.3 is 9.42 Å². The second kappa shape index (κ2) is 6.53. The van der Waals surface area contributed by atoms with Crippen molar-refractivity contribution < 1.29 is 13.3 Å². The highest BCUT2D eigenvalue weighted by atomic mass is 19.3. The summed E-state index contributed by atoms with van der Waals surface area (Å²) >= 11 is 0. The molecule has 0 spiro atoms. The van der Waals surface area contributed by atoms with Crippen molar-refractivity contribution in [2.45, 2.75) is 26.8 Å². The van der Waals surface area contributed by atoms with E-state index in [1.807, 2.05) is 4.90 Å². The number of hydrogen-bond acceptors (Lipinski definition) is 7. The van der Waals surface area contributed by atoms with Crippen molar-refractivity contribution in [1.29, 1.82) is 0 Å². The minimum absolute atomic E-state index is 0.226. The van der Waals surface area contributed by atoms with E-state index in [-0.39, 0.29) is 5.69 Å². The zero-order chi connectivity index (χ0) is 16.4. The number of aryl methyl sites for hydroxylation is 2. The zero-order valence-corrected chi connectivity index (χ0v) is 13.0. The quantitative estimate of drug-likeness (QED) is 0.848. The van der Waals surface area contributed by atoms with Crippen molar-refractivity contribution in [3.8, 4) is 0 Å². The molecule has 0 amide bonds. The van der Waals surface area contributed by atoms with E-state index in [0.29, 0.717) is 43.0 Å². The number of halogens is 2. The van der Waals surface area contributed by atoms with Crippen LogP contribution in [0.5, 0.6) is 0 Å². The molecule has 0 N–H and O–H groups in total. The lowest BCUT2D eigenvalue weighted by Gasteiger charge is -2.34. The van der Waals surface area contributed by atoms with Gasteiger partial charge in [0.1, 0.15) is 17.3 Å². The number of alkyl halides is 2. The number of hydrogen-bond donors (Lipinski definition) is 0. The molecule has 7 nitrogen and oxygen atoms in total. The van der Waals surface area contributed by atoms with Crippen LogP contribution >= 0.6 is 0 Å². The molecule has 0 radical (unpaired) electrons. The molecule has 9 heteroatoms. The summed E-state index contributed by atoms with van der Waals surface area (Å²) in [6, 6.07) is 1.37. The summed E-state index contributed by atoms with van der Waals surface area (Å²) in [4.78, 5) is 16.4. The highest BCUT2D eigenvalue weighted by Gasteiger charge is 2.21. The number of aromatic nitrogens is 4. The molecule has 0 saturated carbocycles. The average Bonchev–Trinajstić information content (AvgIpc) is 2.92. The van der Waals surface area contributed by atoms with Crippen LogP contribution in [0.15, 0.2) is 10.6 Å². The predicted octanol–water partition coefficient (Wildman–Crippen LogP) is 1.74. The summed E-state index contributed by atoms with van der Waals surface area (Å²) in [5, 5.41) is 3.77. The molecule has 0 bridgehead atoms. The van der Waals surface area contributed by atoms with E-state index >= 15 is 0 Å². The van der Waals surface area contributed by atoms with Gasteiger partial charge in [-0.05, 0) is 13.8 Å². The Morgan fingerprint density at radius 1 is 1.09 bits per heavy atom. The van der Waals surface area contributed by atoms with Gasteiger partial charge in [-0.1, -0.05) is 5.16 Å². The van der Waals surface area contributed by atoms with Crippen LogP contribution in [0.3, 0.4) is 0 Å². The highest BCUT2D eigenvalue weighted by molar-refractivity contribution is 5.40. The summed E-state index contributed by atoms with van der Waals surface area (Å²) in [5.74, 6) is 2.13. The third kappa shape index (κ3) is 3.79. The summed E-state index contributed by atoms with van der Waals surface area (Å²) in [7, 11) is 0. The van der Waals surface area contributed by atoms with Gasteiger partial charge in [-0.25, -0.2) is 18.7 Å². The number of piperazine rings is 1. The molecule has 1 fully saturated rings. The Kier molecular flexibility index (Phi) is 4.46. The first-order valence-electron chi connectivity index (χ1n) is 7.41. The van der Waals surface area contributed by atoms with Crippen LogP contribution in [0, 0.1) is 13.8 Å². The lowest BCUT2D eigenvalue weighted by Crippen LogP contribution is -2.46. The fraction of sp³-hybridized carbons (Fsp3) is 0.571. The first kappa shape index (κ1) is 15.7. The fourth-order valence-electron chi connectivity index (χ4n) is 2.58. The molecular formula is C14H18F2N6O. The van der Waals surface area contributed by atoms with Gasteiger partial charge in [-0.2, -0.15) is 4.98 Å². The van der Waals surface area contributed by atoms with Gasteiger partial charge in [-0.15, -0.1) is 0 Å². The Balaban J connectivity index is 1.62. The third-order valence-electron chi connectivity index (χ3n) is 3.69. The Hall–Kier alpha value is -2.16. The van der Waals surface area contributed by atoms with E-state index in [4.69, 9.17) is 4.52 Å². The van der Waals surface area contributed by atoms with Gasteiger partial charge in [0.05, 0.1) is 6.54 Å². The molecule has 0 aromatic carbocycles. The van der Waals surface area contributed by atoms with E-state index < -0.39 is 6.43 Å². The third-order valence-corrected chi connectivity index (χ3v) is 3.69. The molecule has 2 aromatic rings.